The predicted molar refractivity (Wildman–Crippen MR) is 93.2 cm³/mol. The average molecular weight is 314 g/mol. The van der Waals surface area contributed by atoms with E-state index in [-0.39, 0.29) is 17.4 Å². The highest BCUT2D eigenvalue weighted by Gasteiger charge is 2.39. The fourth-order valence-corrected chi connectivity index (χ4v) is 3.31. The number of carbonyl (C=O) groups is 2. The summed E-state index contributed by atoms with van der Waals surface area (Å²) in [5.74, 6) is 0.00205. The summed E-state index contributed by atoms with van der Waals surface area (Å²) in [6.07, 6.45) is 4.62. The highest BCUT2D eigenvalue weighted by molar-refractivity contribution is 5.98. The van der Waals surface area contributed by atoms with Crippen LogP contribution in [0.5, 0.6) is 0 Å². The summed E-state index contributed by atoms with van der Waals surface area (Å²) in [6.45, 7) is 9.84. The Morgan fingerprint density at radius 2 is 2.00 bits per heavy atom. The molecule has 1 fully saturated rings. The first-order valence-corrected chi connectivity index (χ1v) is 8.18. The third-order valence-electron chi connectivity index (χ3n) is 4.57. The van der Waals surface area contributed by atoms with Crippen LogP contribution in [0.15, 0.2) is 36.9 Å². The first-order chi connectivity index (χ1) is 10.8. The first kappa shape index (κ1) is 17.3. The van der Waals surface area contributed by atoms with E-state index >= 15 is 0 Å². The highest BCUT2D eigenvalue weighted by Crippen LogP contribution is 2.33. The van der Waals surface area contributed by atoms with Gasteiger partial charge in [-0.1, -0.05) is 18.7 Å². The lowest BCUT2D eigenvalue weighted by Crippen LogP contribution is -2.46. The average Bonchev–Trinajstić information content (AvgIpc) is 2.79. The van der Waals surface area contributed by atoms with Gasteiger partial charge in [-0.15, -0.1) is 0 Å². The van der Waals surface area contributed by atoms with E-state index in [2.05, 4.69) is 32.7 Å². The van der Waals surface area contributed by atoms with Crippen molar-refractivity contribution >= 4 is 17.5 Å². The normalized spacial score (nSPS) is 19.4. The van der Waals surface area contributed by atoms with E-state index in [4.69, 9.17) is 0 Å². The topological polar surface area (TPSA) is 49.4 Å². The molecule has 4 nitrogen and oxygen atoms in total. The molecular weight excluding hydrogens is 288 g/mol. The molecule has 1 saturated heterocycles. The second-order valence-electron chi connectivity index (χ2n) is 6.85. The zero-order valence-electron chi connectivity index (χ0n) is 14.3. The second kappa shape index (κ2) is 6.99. The SMILES string of the molecule is C=CC(=O)Nc1ccc(CCC(=O)N2C(C)CCC2(C)C)cc1. The maximum Gasteiger partial charge on any atom is 0.247 e. The highest BCUT2D eigenvalue weighted by atomic mass is 16.2. The fraction of sp³-hybridized carbons (Fsp3) is 0.474. The Labute approximate surface area is 138 Å². The Hall–Kier alpha value is -2.10. The number of carbonyl (C=O) groups excluding carboxylic acids is 2. The number of benzene rings is 1. The molecule has 1 N–H and O–H groups in total. The fourth-order valence-electron chi connectivity index (χ4n) is 3.31. The largest absolute Gasteiger partial charge is 0.335 e. The minimum atomic E-state index is -0.224. The van der Waals surface area contributed by atoms with Crippen molar-refractivity contribution in [1.29, 1.82) is 0 Å². The summed E-state index contributed by atoms with van der Waals surface area (Å²) in [7, 11) is 0. The van der Waals surface area contributed by atoms with E-state index in [9.17, 15) is 9.59 Å². The van der Waals surface area contributed by atoms with Crippen LogP contribution in [0.2, 0.25) is 0 Å². The quantitative estimate of drug-likeness (QED) is 0.845. The molecular formula is C19H26N2O2. The number of hydrogen-bond donors (Lipinski definition) is 1. The number of nitrogens with zero attached hydrogens (tertiary/aromatic N) is 1. The lowest BCUT2D eigenvalue weighted by atomic mass is 10.0. The van der Waals surface area contributed by atoms with Crippen LogP contribution in [0.1, 0.15) is 45.6 Å². The molecule has 1 aromatic carbocycles. The van der Waals surface area contributed by atoms with E-state index in [1.807, 2.05) is 29.2 Å². The molecule has 4 heteroatoms. The smallest absolute Gasteiger partial charge is 0.247 e. The van der Waals surface area contributed by atoms with Crippen LogP contribution in [0.3, 0.4) is 0 Å². The van der Waals surface area contributed by atoms with Gasteiger partial charge in [-0.3, -0.25) is 9.59 Å². The maximum atomic E-state index is 12.6. The van der Waals surface area contributed by atoms with Gasteiger partial charge < -0.3 is 10.2 Å². The van der Waals surface area contributed by atoms with Crippen molar-refractivity contribution in [2.75, 3.05) is 5.32 Å². The maximum absolute atomic E-state index is 12.6. The van der Waals surface area contributed by atoms with Crippen LogP contribution in [-0.2, 0) is 16.0 Å². The zero-order valence-corrected chi connectivity index (χ0v) is 14.3. The van der Waals surface area contributed by atoms with Crippen LogP contribution in [0.25, 0.3) is 0 Å². The Balaban J connectivity index is 1.92. The van der Waals surface area contributed by atoms with E-state index in [0.29, 0.717) is 18.9 Å². The Kier molecular flexibility index (Phi) is 5.24. The molecule has 0 aromatic heterocycles. The summed E-state index contributed by atoms with van der Waals surface area (Å²) in [6, 6.07) is 7.93. The van der Waals surface area contributed by atoms with Gasteiger partial charge >= 0.3 is 0 Å². The monoisotopic (exact) mass is 314 g/mol. The van der Waals surface area contributed by atoms with Gasteiger partial charge in [-0.25, -0.2) is 0 Å². The number of likely N-dealkylation sites (tertiary alicyclic amines) is 1. The van der Waals surface area contributed by atoms with Crippen LogP contribution in [0, 0.1) is 0 Å². The van der Waals surface area contributed by atoms with Crippen molar-refractivity contribution in [2.45, 2.75) is 58.0 Å². The van der Waals surface area contributed by atoms with Crippen molar-refractivity contribution in [1.82, 2.24) is 4.90 Å². The second-order valence-corrected chi connectivity index (χ2v) is 6.85. The van der Waals surface area contributed by atoms with E-state index < -0.39 is 0 Å². The van der Waals surface area contributed by atoms with Gasteiger partial charge in [-0.2, -0.15) is 0 Å². The standard InChI is InChI=1S/C19H26N2O2/c1-5-17(22)20-16-9-6-15(7-10-16)8-11-18(23)21-14(2)12-13-19(21,3)4/h5-7,9-10,14H,1,8,11-13H2,2-4H3,(H,20,22). The zero-order chi connectivity index (χ0) is 17.0. The van der Waals surface area contributed by atoms with Gasteiger partial charge in [0.25, 0.3) is 0 Å². The minimum Gasteiger partial charge on any atom is -0.335 e. The number of anilines is 1. The molecule has 0 saturated carbocycles. The number of aryl methyl sites for hydroxylation is 1. The van der Waals surface area contributed by atoms with Crippen LogP contribution in [0.4, 0.5) is 5.69 Å². The molecule has 23 heavy (non-hydrogen) atoms. The third-order valence-corrected chi connectivity index (χ3v) is 4.57. The summed E-state index contributed by atoms with van der Waals surface area (Å²) >= 11 is 0. The molecule has 1 heterocycles. The number of nitrogens with one attached hydrogen (secondary N) is 1. The molecule has 1 aliphatic rings. The van der Waals surface area contributed by atoms with Crippen molar-refractivity contribution in [2.24, 2.45) is 0 Å². The van der Waals surface area contributed by atoms with Crippen molar-refractivity contribution < 1.29 is 9.59 Å². The molecule has 0 aliphatic carbocycles. The lowest BCUT2D eigenvalue weighted by Gasteiger charge is -2.35. The van der Waals surface area contributed by atoms with E-state index in [1.54, 1.807) is 0 Å². The summed E-state index contributed by atoms with van der Waals surface area (Å²) < 4.78 is 0. The molecule has 0 radical (unpaired) electrons. The van der Waals surface area contributed by atoms with Crippen LogP contribution >= 0.6 is 0 Å². The molecule has 1 unspecified atom stereocenters. The molecule has 124 valence electrons. The van der Waals surface area contributed by atoms with Crippen molar-refractivity contribution in [3.63, 3.8) is 0 Å². The van der Waals surface area contributed by atoms with Gasteiger partial charge in [0.05, 0.1) is 0 Å². The van der Waals surface area contributed by atoms with Crippen molar-refractivity contribution in [3.05, 3.63) is 42.5 Å². The molecule has 1 atom stereocenters. The number of rotatable bonds is 5. The molecule has 0 bridgehead atoms. The van der Waals surface area contributed by atoms with Gasteiger partial charge in [0.1, 0.15) is 0 Å². The summed E-state index contributed by atoms with van der Waals surface area (Å²) in [4.78, 5) is 25.8. The van der Waals surface area contributed by atoms with Crippen molar-refractivity contribution in [3.8, 4) is 0 Å². The van der Waals surface area contributed by atoms with Crippen LogP contribution < -0.4 is 5.32 Å². The number of amides is 2. The Morgan fingerprint density at radius 1 is 1.35 bits per heavy atom. The van der Waals surface area contributed by atoms with Gasteiger partial charge in [0, 0.05) is 23.7 Å². The molecule has 1 aromatic rings. The Morgan fingerprint density at radius 3 is 2.52 bits per heavy atom. The van der Waals surface area contributed by atoms with Gasteiger partial charge in [-0.05, 0) is 63.8 Å². The van der Waals surface area contributed by atoms with Gasteiger partial charge in [0.15, 0.2) is 0 Å². The minimum absolute atomic E-state index is 0.0324. The molecule has 1 aliphatic heterocycles. The van der Waals surface area contributed by atoms with Gasteiger partial charge in [0.2, 0.25) is 11.8 Å². The molecule has 2 amide bonds. The van der Waals surface area contributed by atoms with Crippen LogP contribution in [-0.4, -0.2) is 28.3 Å². The molecule has 2 rings (SSSR count). The number of hydrogen-bond acceptors (Lipinski definition) is 2. The van der Waals surface area contributed by atoms with E-state index in [1.165, 1.54) is 6.08 Å². The summed E-state index contributed by atoms with van der Waals surface area (Å²) in [5.41, 5.74) is 1.80. The molecule has 0 spiro atoms. The Bertz CT molecular complexity index is 590. The lowest BCUT2D eigenvalue weighted by molar-refractivity contribution is -0.136. The third kappa shape index (κ3) is 4.21. The first-order valence-electron chi connectivity index (χ1n) is 8.18. The predicted octanol–water partition coefficient (Wildman–Crippen LogP) is 3.53. The summed E-state index contributed by atoms with van der Waals surface area (Å²) in [5, 5.41) is 2.71. The van der Waals surface area contributed by atoms with E-state index in [0.717, 1.165) is 24.1 Å².